The number of esters is 2. The maximum Gasteiger partial charge on any atom is 0.321 e. The molecular weight excluding hydrogens is 288 g/mol. The summed E-state index contributed by atoms with van der Waals surface area (Å²) in [5, 5.41) is 0. The van der Waals surface area contributed by atoms with E-state index in [0.717, 1.165) is 6.42 Å². The third kappa shape index (κ3) is 10.3. The summed E-state index contributed by atoms with van der Waals surface area (Å²) in [7, 11) is 0. The number of unbranched alkanes of at least 4 members (excludes halogenated alkanes) is 12. The second-order valence-electron chi connectivity index (χ2n) is 6.71. The number of allylic oxidation sites excluding steroid dienone is 1. The average Bonchev–Trinajstić information content (AvgIpc) is 2.85. The number of ether oxygens (including phenoxy) is 1. The smallest absolute Gasteiger partial charge is 0.321 e. The molecule has 23 heavy (non-hydrogen) atoms. The lowest BCUT2D eigenvalue weighted by Gasteiger charge is -2.02. The number of hydrogen-bond acceptors (Lipinski definition) is 3. The van der Waals surface area contributed by atoms with Crippen LogP contribution in [0.25, 0.3) is 0 Å². The van der Waals surface area contributed by atoms with Crippen molar-refractivity contribution in [1.29, 1.82) is 0 Å². The van der Waals surface area contributed by atoms with Crippen molar-refractivity contribution in [3.8, 4) is 0 Å². The molecule has 3 heteroatoms. The predicted octanol–water partition coefficient (Wildman–Crippen LogP) is 5.72. The van der Waals surface area contributed by atoms with Crippen LogP contribution in [0, 0.1) is 5.92 Å². The van der Waals surface area contributed by atoms with Gasteiger partial charge in [-0.25, -0.2) is 0 Å². The number of carbonyl (C=O) groups excluding carboxylic acids is 2. The molecule has 1 rings (SSSR count). The SMILES string of the molecule is CCCCCCCCCCCCCC/C=C/C1CC(=O)OC1=O. The van der Waals surface area contributed by atoms with E-state index in [1.54, 1.807) is 0 Å². The van der Waals surface area contributed by atoms with Gasteiger partial charge >= 0.3 is 11.9 Å². The molecule has 0 radical (unpaired) electrons. The monoisotopic (exact) mass is 322 g/mol. The molecule has 0 spiro atoms. The molecule has 0 aromatic carbocycles. The van der Waals surface area contributed by atoms with Crippen molar-refractivity contribution >= 4 is 11.9 Å². The normalized spacial score (nSPS) is 18.0. The van der Waals surface area contributed by atoms with Crippen molar-refractivity contribution in [2.45, 2.75) is 96.8 Å². The van der Waals surface area contributed by atoms with Gasteiger partial charge in [0.1, 0.15) is 0 Å². The van der Waals surface area contributed by atoms with E-state index in [4.69, 9.17) is 0 Å². The Morgan fingerprint density at radius 1 is 0.870 bits per heavy atom. The summed E-state index contributed by atoms with van der Waals surface area (Å²) in [6.45, 7) is 2.26. The highest BCUT2D eigenvalue weighted by atomic mass is 16.6. The van der Waals surface area contributed by atoms with Crippen molar-refractivity contribution in [2.24, 2.45) is 5.92 Å². The Kier molecular flexibility index (Phi) is 11.5. The molecule has 1 aliphatic heterocycles. The van der Waals surface area contributed by atoms with Crippen molar-refractivity contribution in [2.75, 3.05) is 0 Å². The molecule has 0 aliphatic carbocycles. The van der Waals surface area contributed by atoms with Gasteiger partial charge in [-0.1, -0.05) is 89.7 Å². The van der Waals surface area contributed by atoms with Gasteiger partial charge in [-0.2, -0.15) is 0 Å². The summed E-state index contributed by atoms with van der Waals surface area (Å²) in [4.78, 5) is 22.2. The molecule has 132 valence electrons. The highest BCUT2D eigenvalue weighted by Crippen LogP contribution is 2.18. The third-order valence-electron chi connectivity index (χ3n) is 4.50. The molecule has 0 aromatic rings. The van der Waals surface area contributed by atoms with Gasteiger partial charge in [0.2, 0.25) is 0 Å². The Hall–Kier alpha value is -1.12. The number of cyclic esters (lactones) is 2. The van der Waals surface area contributed by atoms with E-state index in [1.165, 1.54) is 77.0 Å². The number of hydrogen-bond donors (Lipinski definition) is 0. The second kappa shape index (κ2) is 13.3. The fourth-order valence-electron chi connectivity index (χ4n) is 3.00. The summed E-state index contributed by atoms with van der Waals surface area (Å²) >= 11 is 0. The van der Waals surface area contributed by atoms with Gasteiger partial charge in [-0.05, 0) is 12.8 Å². The summed E-state index contributed by atoms with van der Waals surface area (Å²) in [6.07, 6.45) is 21.3. The molecule has 1 saturated heterocycles. The van der Waals surface area contributed by atoms with Gasteiger partial charge < -0.3 is 4.74 Å². The predicted molar refractivity (Wildman–Crippen MR) is 94.0 cm³/mol. The Balaban J connectivity index is 1.81. The maximum atomic E-state index is 11.3. The molecule has 0 N–H and O–H groups in total. The van der Waals surface area contributed by atoms with Crippen LogP contribution in [0.1, 0.15) is 96.8 Å². The first-order chi connectivity index (χ1) is 11.2. The minimum atomic E-state index is -0.394. The molecule has 1 atom stereocenters. The first kappa shape index (κ1) is 19.9. The van der Waals surface area contributed by atoms with E-state index in [2.05, 4.69) is 11.7 Å². The van der Waals surface area contributed by atoms with Crippen LogP contribution in [-0.2, 0) is 14.3 Å². The first-order valence-corrected chi connectivity index (χ1v) is 9.65. The van der Waals surface area contributed by atoms with E-state index in [0.29, 0.717) is 0 Å². The molecule has 1 aliphatic rings. The van der Waals surface area contributed by atoms with E-state index in [9.17, 15) is 9.59 Å². The van der Waals surface area contributed by atoms with Crippen LogP contribution >= 0.6 is 0 Å². The minimum absolute atomic E-state index is 0.216. The number of carbonyl (C=O) groups is 2. The topological polar surface area (TPSA) is 43.4 Å². The van der Waals surface area contributed by atoms with Crippen molar-refractivity contribution in [1.82, 2.24) is 0 Å². The highest BCUT2D eigenvalue weighted by Gasteiger charge is 2.30. The van der Waals surface area contributed by atoms with Crippen molar-refractivity contribution in [3.05, 3.63) is 12.2 Å². The van der Waals surface area contributed by atoms with Gasteiger partial charge in [0, 0.05) is 0 Å². The molecule has 0 bridgehead atoms. The van der Waals surface area contributed by atoms with Crippen molar-refractivity contribution in [3.63, 3.8) is 0 Å². The van der Waals surface area contributed by atoms with Crippen LogP contribution in [0.3, 0.4) is 0 Å². The van der Waals surface area contributed by atoms with Crippen LogP contribution < -0.4 is 0 Å². The van der Waals surface area contributed by atoms with Crippen LogP contribution in [-0.4, -0.2) is 11.9 Å². The fraction of sp³-hybridized carbons (Fsp3) is 0.800. The zero-order valence-corrected chi connectivity index (χ0v) is 14.9. The largest absolute Gasteiger partial charge is 0.393 e. The Labute approximate surface area is 141 Å². The second-order valence-corrected chi connectivity index (χ2v) is 6.71. The molecule has 0 aromatic heterocycles. The number of rotatable bonds is 14. The summed E-state index contributed by atoms with van der Waals surface area (Å²) in [5.74, 6) is -1.12. The summed E-state index contributed by atoms with van der Waals surface area (Å²) < 4.78 is 4.51. The zero-order chi connectivity index (χ0) is 16.8. The molecule has 1 unspecified atom stereocenters. The first-order valence-electron chi connectivity index (χ1n) is 9.65. The van der Waals surface area contributed by atoms with Crippen LogP contribution in [0.2, 0.25) is 0 Å². The Bertz CT molecular complexity index is 360. The van der Waals surface area contributed by atoms with E-state index in [1.807, 2.05) is 12.2 Å². The quantitative estimate of drug-likeness (QED) is 0.178. The lowest BCUT2D eigenvalue weighted by molar-refractivity contribution is -0.152. The van der Waals surface area contributed by atoms with E-state index >= 15 is 0 Å². The minimum Gasteiger partial charge on any atom is -0.393 e. The van der Waals surface area contributed by atoms with Crippen LogP contribution in [0.4, 0.5) is 0 Å². The van der Waals surface area contributed by atoms with Gasteiger partial charge in [0.05, 0.1) is 12.3 Å². The fourth-order valence-corrected chi connectivity index (χ4v) is 3.00. The molecule has 1 heterocycles. The Morgan fingerprint density at radius 3 is 1.87 bits per heavy atom. The third-order valence-corrected chi connectivity index (χ3v) is 4.50. The lowest BCUT2D eigenvalue weighted by Crippen LogP contribution is -2.03. The van der Waals surface area contributed by atoms with E-state index in [-0.39, 0.29) is 18.3 Å². The molecule has 1 fully saturated rings. The maximum absolute atomic E-state index is 11.3. The van der Waals surface area contributed by atoms with Gasteiger partial charge in [0.25, 0.3) is 0 Å². The molecule has 0 saturated carbocycles. The molecule has 0 amide bonds. The summed E-state index contributed by atoms with van der Waals surface area (Å²) in [6, 6.07) is 0. The Morgan fingerprint density at radius 2 is 1.39 bits per heavy atom. The molecule has 3 nitrogen and oxygen atoms in total. The van der Waals surface area contributed by atoms with Gasteiger partial charge in [-0.3, -0.25) is 9.59 Å². The lowest BCUT2D eigenvalue weighted by atomic mass is 10.0. The van der Waals surface area contributed by atoms with E-state index < -0.39 is 5.97 Å². The van der Waals surface area contributed by atoms with Crippen LogP contribution in [0.15, 0.2) is 12.2 Å². The van der Waals surface area contributed by atoms with Gasteiger partial charge in [-0.15, -0.1) is 0 Å². The van der Waals surface area contributed by atoms with Gasteiger partial charge in [0.15, 0.2) is 0 Å². The highest BCUT2D eigenvalue weighted by molar-refractivity contribution is 5.95. The molecular formula is C20H34O3. The zero-order valence-electron chi connectivity index (χ0n) is 14.9. The van der Waals surface area contributed by atoms with Crippen molar-refractivity contribution < 1.29 is 14.3 Å². The average molecular weight is 322 g/mol. The standard InChI is InChI=1S/C20H34O3/c1-2-3-4-5-6-7-8-9-10-11-12-13-14-15-16-18-17-19(21)23-20(18)22/h15-16,18H,2-14,17H2,1H3/b16-15+. The van der Waals surface area contributed by atoms with Crippen LogP contribution in [0.5, 0.6) is 0 Å². The summed E-state index contributed by atoms with van der Waals surface area (Å²) in [5.41, 5.74) is 0.